The number of rotatable bonds is 3. The maximum atomic E-state index is 13.9. The van der Waals surface area contributed by atoms with Crippen LogP contribution in [0, 0.1) is 17.7 Å². The molecule has 0 radical (unpaired) electrons. The molecular weight excluding hydrogens is 341 g/mol. The minimum Gasteiger partial charge on any atom is -0.384 e. The molecule has 102 valence electrons. The van der Waals surface area contributed by atoms with Gasteiger partial charge in [-0.1, -0.05) is 17.9 Å². The van der Waals surface area contributed by atoms with Crippen molar-refractivity contribution in [3.05, 3.63) is 57.9 Å². The van der Waals surface area contributed by atoms with Crippen LogP contribution < -0.4 is 0 Å². The van der Waals surface area contributed by atoms with Crippen molar-refractivity contribution in [1.29, 1.82) is 0 Å². The lowest BCUT2D eigenvalue weighted by Gasteiger charge is -2.03. The SMILES string of the molecule is OCC#Cc1ccc(CSc2ccc(Br)cn2)c(F)c1. The van der Waals surface area contributed by atoms with Gasteiger partial charge in [0.25, 0.3) is 0 Å². The molecule has 0 saturated heterocycles. The van der Waals surface area contributed by atoms with Gasteiger partial charge < -0.3 is 5.11 Å². The van der Waals surface area contributed by atoms with Gasteiger partial charge in [-0.3, -0.25) is 0 Å². The number of hydrogen-bond donors (Lipinski definition) is 1. The number of benzene rings is 1. The first-order valence-corrected chi connectivity index (χ1v) is 7.59. The average Bonchev–Trinajstić information content (AvgIpc) is 2.46. The highest BCUT2D eigenvalue weighted by atomic mass is 79.9. The topological polar surface area (TPSA) is 33.1 Å². The van der Waals surface area contributed by atoms with Gasteiger partial charge in [-0.15, -0.1) is 11.8 Å². The third-order valence-electron chi connectivity index (χ3n) is 2.44. The highest BCUT2D eigenvalue weighted by Gasteiger charge is 2.04. The van der Waals surface area contributed by atoms with Crippen molar-refractivity contribution < 1.29 is 9.50 Å². The molecule has 1 heterocycles. The van der Waals surface area contributed by atoms with Gasteiger partial charge in [0.05, 0.1) is 5.03 Å². The molecule has 0 amide bonds. The van der Waals surface area contributed by atoms with Crippen LogP contribution in [0.2, 0.25) is 0 Å². The molecule has 20 heavy (non-hydrogen) atoms. The van der Waals surface area contributed by atoms with Crippen molar-refractivity contribution in [3.63, 3.8) is 0 Å². The zero-order valence-electron chi connectivity index (χ0n) is 10.4. The van der Waals surface area contributed by atoms with Gasteiger partial charge in [-0.2, -0.15) is 0 Å². The molecule has 0 aliphatic carbocycles. The van der Waals surface area contributed by atoms with Crippen LogP contribution in [-0.4, -0.2) is 16.7 Å². The molecule has 0 aliphatic heterocycles. The number of aliphatic hydroxyl groups excluding tert-OH is 1. The molecule has 1 aromatic heterocycles. The summed E-state index contributed by atoms with van der Waals surface area (Å²) >= 11 is 4.79. The predicted octanol–water partition coefficient (Wildman–Crippen LogP) is 3.62. The first kappa shape index (κ1) is 15.0. The van der Waals surface area contributed by atoms with Gasteiger partial charge in [-0.05, 0) is 45.8 Å². The molecule has 1 N–H and O–H groups in total. The standard InChI is InChI=1S/C15H11BrFNOS/c16-13-5-6-15(18-9-13)20-10-12-4-3-11(2-1-7-19)8-14(12)17/h3-6,8-9,19H,7,10H2. The molecule has 0 saturated carbocycles. The number of hydrogen-bond acceptors (Lipinski definition) is 3. The molecule has 0 atom stereocenters. The summed E-state index contributed by atoms with van der Waals surface area (Å²) in [7, 11) is 0. The Balaban J connectivity index is 2.04. The van der Waals surface area contributed by atoms with E-state index in [4.69, 9.17) is 5.11 Å². The Morgan fingerprint density at radius 2 is 2.15 bits per heavy atom. The lowest BCUT2D eigenvalue weighted by molar-refractivity contribution is 0.350. The summed E-state index contributed by atoms with van der Waals surface area (Å²) in [4.78, 5) is 4.22. The van der Waals surface area contributed by atoms with Crippen molar-refractivity contribution in [1.82, 2.24) is 4.98 Å². The van der Waals surface area contributed by atoms with Crippen LogP contribution in [0.5, 0.6) is 0 Å². The van der Waals surface area contributed by atoms with Crippen molar-refractivity contribution >= 4 is 27.7 Å². The maximum absolute atomic E-state index is 13.9. The first-order chi connectivity index (χ1) is 9.69. The summed E-state index contributed by atoms with van der Waals surface area (Å²) in [6.45, 7) is -0.228. The summed E-state index contributed by atoms with van der Waals surface area (Å²) in [5.74, 6) is 5.39. The van der Waals surface area contributed by atoms with Gasteiger partial charge >= 0.3 is 0 Å². The van der Waals surface area contributed by atoms with Crippen molar-refractivity contribution in [3.8, 4) is 11.8 Å². The van der Waals surface area contributed by atoms with E-state index in [2.05, 4.69) is 32.8 Å². The molecule has 2 nitrogen and oxygen atoms in total. The molecule has 0 unspecified atom stereocenters. The number of halogens is 2. The van der Waals surface area contributed by atoms with Crippen molar-refractivity contribution in [2.75, 3.05) is 6.61 Å². The Morgan fingerprint density at radius 3 is 2.80 bits per heavy atom. The molecule has 0 aliphatic rings. The van der Waals surface area contributed by atoms with Crippen LogP contribution in [0.3, 0.4) is 0 Å². The van der Waals surface area contributed by atoms with Crippen LogP contribution in [0.4, 0.5) is 4.39 Å². The number of pyridine rings is 1. The van der Waals surface area contributed by atoms with E-state index in [0.29, 0.717) is 16.9 Å². The molecule has 0 spiro atoms. The van der Waals surface area contributed by atoms with Gasteiger partial charge in [0, 0.05) is 22.0 Å². The largest absolute Gasteiger partial charge is 0.384 e. The van der Waals surface area contributed by atoms with E-state index in [-0.39, 0.29) is 12.4 Å². The first-order valence-electron chi connectivity index (χ1n) is 5.81. The minimum atomic E-state index is -0.292. The second-order valence-corrected chi connectivity index (χ2v) is 5.78. The highest BCUT2D eigenvalue weighted by molar-refractivity contribution is 9.10. The number of aromatic nitrogens is 1. The summed E-state index contributed by atoms with van der Waals surface area (Å²) in [6.07, 6.45) is 1.71. The van der Waals surface area contributed by atoms with Crippen LogP contribution in [0.15, 0.2) is 46.0 Å². The Bertz CT molecular complexity index is 649. The van der Waals surface area contributed by atoms with Crippen LogP contribution in [-0.2, 0) is 5.75 Å². The van der Waals surface area contributed by atoms with Crippen molar-refractivity contribution in [2.45, 2.75) is 10.8 Å². The molecule has 2 aromatic rings. The quantitative estimate of drug-likeness (QED) is 0.677. The van der Waals surface area contributed by atoms with Gasteiger partial charge in [-0.25, -0.2) is 9.37 Å². The van der Waals surface area contributed by atoms with Crippen molar-refractivity contribution in [2.24, 2.45) is 0 Å². The third kappa shape index (κ3) is 4.34. The van der Waals surface area contributed by atoms with Gasteiger partial charge in [0.1, 0.15) is 12.4 Å². The van der Waals surface area contributed by atoms with Crippen LogP contribution >= 0.6 is 27.7 Å². The molecule has 0 fully saturated rings. The zero-order valence-corrected chi connectivity index (χ0v) is 12.8. The van der Waals surface area contributed by atoms with Crippen LogP contribution in [0.1, 0.15) is 11.1 Å². The van der Waals surface area contributed by atoms with Gasteiger partial charge in [0.15, 0.2) is 0 Å². The minimum absolute atomic E-state index is 0.228. The second kappa shape index (κ2) is 7.44. The lowest BCUT2D eigenvalue weighted by Crippen LogP contribution is -1.90. The molecular formula is C15H11BrFNOS. The lowest BCUT2D eigenvalue weighted by atomic mass is 10.1. The van der Waals surface area contributed by atoms with E-state index in [0.717, 1.165) is 9.50 Å². The Morgan fingerprint density at radius 1 is 1.30 bits per heavy atom. The van der Waals surface area contributed by atoms with E-state index in [1.54, 1.807) is 18.3 Å². The van der Waals surface area contributed by atoms with Crippen LogP contribution in [0.25, 0.3) is 0 Å². The maximum Gasteiger partial charge on any atom is 0.128 e. The Kier molecular flexibility index (Phi) is 5.60. The highest BCUT2D eigenvalue weighted by Crippen LogP contribution is 2.23. The zero-order chi connectivity index (χ0) is 14.4. The summed E-state index contributed by atoms with van der Waals surface area (Å²) in [6, 6.07) is 8.62. The van der Waals surface area contributed by atoms with E-state index < -0.39 is 0 Å². The monoisotopic (exact) mass is 351 g/mol. The van der Waals surface area contributed by atoms with E-state index in [1.807, 2.05) is 12.1 Å². The number of aliphatic hydroxyl groups is 1. The van der Waals surface area contributed by atoms with Gasteiger partial charge in [0.2, 0.25) is 0 Å². The summed E-state index contributed by atoms with van der Waals surface area (Å²) in [5.41, 5.74) is 1.17. The fourth-order valence-electron chi connectivity index (χ4n) is 1.48. The fourth-order valence-corrected chi connectivity index (χ4v) is 2.55. The Labute approximate surface area is 129 Å². The normalized spacial score (nSPS) is 9.95. The number of thioether (sulfide) groups is 1. The fraction of sp³-hybridized carbons (Fsp3) is 0.133. The van der Waals surface area contributed by atoms with E-state index in [1.165, 1.54) is 17.8 Å². The number of nitrogens with zero attached hydrogens (tertiary/aromatic N) is 1. The Hall–Kier alpha value is -1.35. The molecule has 5 heteroatoms. The summed E-state index contributed by atoms with van der Waals surface area (Å²) < 4.78 is 14.8. The second-order valence-electron chi connectivity index (χ2n) is 3.87. The van der Waals surface area contributed by atoms with E-state index in [9.17, 15) is 4.39 Å². The van der Waals surface area contributed by atoms with E-state index >= 15 is 0 Å². The third-order valence-corrected chi connectivity index (χ3v) is 3.90. The molecule has 1 aromatic carbocycles. The average molecular weight is 352 g/mol. The molecule has 2 rings (SSSR count). The predicted molar refractivity (Wildman–Crippen MR) is 81.9 cm³/mol. The summed E-state index contributed by atoms with van der Waals surface area (Å²) in [5, 5.41) is 9.44. The smallest absolute Gasteiger partial charge is 0.128 e. The molecule has 0 bridgehead atoms.